The van der Waals surface area contributed by atoms with Gasteiger partial charge in [-0.1, -0.05) is 281 Å². The Balaban J connectivity index is 0.926. The van der Waals surface area contributed by atoms with Crippen LogP contribution in [-0.4, -0.2) is 15.8 Å². The Labute approximate surface area is 609 Å². The van der Waals surface area contributed by atoms with E-state index in [1.54, 1.807) is 4.57 Å². The number of nitrogens with zero attached hydrogens (tertiary/aromatic N) is 4. The highest BCUT2D eigenvalue weighted by Crippen LogP contribution is 2.65. The van der Waals surface area contributed by atoms with Crippen molar-refractivity contribution in [3.05, 3.63) is 342 Å². The number of hydrogen-bond donors (Lipinski definition) is 0. The summed E-state index contributed by atoms with van der Waals surface area (Å²) in [6.45, 7) is 20.0. The fraction of sp³-hybridized carbons (Fsp3) is 0.134. The lowest BCUT2D eigenvalue weighted by atomic mass is 9.33. The summed E-state index contributed by atoms with van der Waals surface area (Å²) in [7, 11) is 0. The first-order chi connectivity index (χ1) is 52.9. The van der Waals surface area contributed by atoms with Crippen molar-refractivity contribution >= 4 is 101 Å². The highest BCUT2D eigenvalue weighted by Gasteiger charge is 2.53. The molecule has 0 bridgehead atoms. The van der Waals surface area contributed by atoms with E-state index < -0.39 is 41.7 Å². The van der Waals surface area contributed by atoms with Crippen LogP contribution in [0, 0.1) is 0 Å². The molecule has 0 N–H and O–H groups in total. The molecule has 4 nitrogen and oxygen atoms in total. The fourth-order valence-corrected chi connectivity index (χ4v) is 17.9. The van der Waals surface area contributed by atoms with Crippen molar-refractivity contribution < 1.29 is 11.0 Å². The van der Waals surface area contributed by atoms with Gasteiger partial charge in [0.05, 0.1) is 49.8 Å². The molecule has 1 spiro atoms. The Morgan fingerprint density at radius 1 is 0.314 bits per heavy atom. The van der Waals surface area contributed by atoms with Crippen molar-refractivity contribution in [3.63, 3.8) is 0 Å². The second-order valence-corrected chi connectivity index (χ2v) is 31.4. The predicted octanol–water partition coefficient (Wildman–Crippen LogP) is 23.5. The lowest BCUT2D eigenvalue weighted by Crippen LogP contribution is -2.61. The minimum atomic E-state index is -0.617. The van der Waals surface area contributed by atoms with E-state index in [-0.39, 0.29) is 56.8 Å². The molecule has 2 aliphatic heterocycles. The number of fused-ring (bicyclic) bond motifs is 21. The van der Waals surface area contributed by atoms with Crippen LogP contribution in [0.25, 0.3) is 99.5 Å². The Morgan fingerprint density at radius 2 is 0.745 bits per heavy atom. The summed E-state index contributed by atoms with van der Waals surface area (Å²) < 4.78 is 79.2. The molecule has 4 aliphatic rings. The third-order valence-electron chi connectivity index (χ3n) is 22.6. The SMILES string of the molecule is [2H]c1c([2H])c([2H])c2c(c1[2H])c1c([2H])c([2H])c([2H])c([2H])c1n2-c1ccc2c(c1)N(c1ccc(C(C)(C)C)cc1-c1ccccc1)c1cc(C(C)(C)C)cc3c1B2c1ccc(-n2c4ccccc4c4c5c(ccc42)-c2ccccc2C52c4ccccc4-c4ccccc42)cc1N3c1ccc(C(C)(C)C)cc1-c1ccccc1. The van der Waals surface area contributed by atoms with Crippen LogP contribution in [0.3, 0.4) is 0 Å². The van der Waals surface area contributed by atoms with E-state index in [1.165, 1.54) is 55.5 Å². The molecule has 0 saturated carbocycles. The van der Waals surface area contributed by atoms with Gasteiger partial charge in [-0.05, 0) is 190 Å². The summed E-state index contributed by atoms with van der Waals surface area (Å²) in [6.07, 6.45) is 0. The van der Waals surface area contributed by atoms with Gasteiger partial charge in [-0.2, -0.15) is 0 Å². The standard InChI is InChI=1S/C97H77BN4/c1-94(2,3)62-44-51-84(74(54-62)60-28-12-10-13-29-60)101-87-58-65(99-81-41-25-19-35-70(81)71-36-20-26-42-82(71)99)46-49-79(87)98-80-50-47-66(59-88(80)102(90-57-64(96(7,8)9)56-89(101)93(90)98)85-52-45-63(95(4,5)6)55-75(85)61-30-14-11-15-31-61)100-83-43-27-21-37-73(83)91-86(100)53-48-72-69-34-18-24-40-78(69)97(92(72)91)76-38-22-16-32-67(76)68-33-17-23-39-77(68)97/h10-59H,1-9H3/i19D,20D,25D,26D,35D,36D,41D,42D. The van der Waals surface area contributed by atoms with E-state index in [1.807, 2.05) is 12.1 Å². The molecule has 0 fully saturated rings. The first kappa shape index (κ1) is 52.4. The molecule has 20 rings (SSSR count). The number of aromatic nitrogens is 2. The molecule has 2 aliphatic carbocycles. The molecule has 488 valence electrons. The van der Waals surface area contributed by atoms with E-state index in [0.29, 0.717) is 5.69 Å². The summed E-state index contributed by atoms with van der Waals surface area (Å²) in [6, 6.07) is 91.0. The second kappa shape index (κ2) is 21.7. The maximum absolute atomic E-state index is 9.77. The van der Waals surface area contributed by atoms with Crippen LogP contribution < -0.4 is 26.2 Å². The fourth-order valence-electron chi connectivity index (χ4n) is 17.9. The van der Waals surface area contributed by atoms with Crippen LogP contribution in [-0.2, 0) is 21.7 Å². The van der Waals surface area contributed by atoms with Crippen molar-refractivity contribution in [2.24, 2.45) is 0 Å². The zero-order valence-corrected chi connectivity index (χ0v) is 58.6. The molecule has 2 aromatic heterocycles. The lowest BCUT2D eigenvalue weighted by molar-refractivity contribution is 0.590. The van der Waals surface area contributed by atoms with E-state index in [4.69, 9.17) is 2.74 Å². The van der Waals surface area contributed by atoms with E-state index >= 15 is 0 Å². The Bertz CT molecular complexity index is 6590. The number of para-hydroxylation sites is 3. The zero-order chi connectivity index (χ0) is 75.8. The molecular formula is C97H77BN4. The average Bonchev–Trinajstić information content (AvgIpc) is 1.52. The monoisotopic (exact) mass is 1320 g/mol. The van der Waals surface area contributed by atoms with Crippen LogP contribution in [0.5, 0.6) is 0 Å². The van der Waals surface area contributed by atoms with Crippen LogP contribution in [0.4, 0.5) is 34.1 Å². The molecule has 0 unspecified atom stereocenters. The summed E-state index contributed by atoms with van der Waals surface area (Å²) in [5.74, 6) is 0. The largest absolute Gasteiger partial charge is 0.311 e. The highest BCUT2D eigenvalue weighted by molar-refractivity contribution is 7.00. The predicted molar refractivity (Wildman–Crippen MR) is 432 cm³/mol. The van der Waals surface area contributed by atoms with Crippen molar-refractivity contribution in [1.29, 1.82) is 0 Å². The van der Waals surface area contributed by atoms with Gasteiger partial charge in [-0.25, -0.2) is 0 Å². The molecular weight excluding hydrogens is 1230 g/mol. The summed E-state index contributed by atoms with van der Waals surface area (Å²) >= 11 is 0. The smallest absolute Gasteiger partial charge is 0.252 e. The highest BCUT2D eigenvalue weighted by atomic mass is 15.2. The molecule has 16 aromatic rings. The Hall–Kier alpha value is -11.7. The van der Waals surface area contributed by atoms with Crippen molar-refractivity contribution in [2.75, 3.05) is 9.80 Å². The van der Waals surface area contributed by atoms with Crippen molar-refractivity contribution in [2.45, 2.75) is 84.0 Å². The second-order valence-electron chi connectivity index (χ2n) is 31.4. The molecule has 14 aromatic carbocycles. The van der Waals surface area contributed by atoms with Gasteiger partial charge in [0.25, 0.3) is 6.71 Å². The normalized spacial score (nSPS) is 15.0. The van der Waals surface area contributed by atoms with Gasteiger partial charge in [-0.15, -0.1) is 0 Å². The Morgan fingerprint density at radius 3 is 1.24 bits per heavy atom. The first-order valence-electron chi connectivity index (χ1n) is 39.7. The minimum Gasteiger partial charge on any atom is -0.311 e. The lowest BCUT2D eigenvalue weighted by Gasteiger charge is -2.46. The number of anilines is 6. The van der Waals surface area contributed by atoms with Gasteiger partial charge in [0, 0.05) is 66.8 Å². The number of rotatable bonds is 6. The van der Waals surface area contributed by atoms with E-state index in [9.17, 15) is 8.22 Å². The van der Waals surface area contributed by atoms with Crippen LogP contribution in [0.15, 0.2) is 303 Å². The zero-order valence-electron chi connectivity index (χ0n) is 66.6. The molecule has 4 heterocycles. The quantitative estimate of drug-likeness (QED) is 0.154. The summed E-state index contributed by atoms with van der Waals surface area (Å²) in [5.41, 5.74) is 28.8. The Kier molecular flexibility index (Phi) is 11.1. The molecule has 0 radical (unpaired) electrons. The number of benzene rings is 14. The van der Waals surface area contributed by atoms with Gasteiger partial charge in [0.1, 0.15) is 0 Å². The third kappa shape index (κ3) is 8.51. The topological polar surface area (TPSA) is 16.3 Å². The summed E-state index contributed by atoms with van der Waals surface area (Å²) in [4.78, 5) is 4.98. The maximum Gasteiger partial charge on any atom is 0.252 e. The van der Waals surface area contributed by atoms with Gasteiger partial charge < -0.3 is 18.9 Å². The molecule has 0 atom stereocenters. The molecule has 0 amide bonds. The summed E-state index contributed by atoms with van der Waals surface area (Å²) in [5, 5.41) is 2.42. The van der Waals surface area contributed by atoms with Gasteiger partial charge in [0.15, 0.2) is 0 Å². The molecule has 5 heteroatoms. The number of hydrogen-bond acceptors (Lipinski definition) is 2. The van der Waals surface area contributed by atoms with Gasteiger partial charge >= 0.3 is 0 Å². The van der Waals surface area contributed by atoms with E-state index in [2.05, 4.69) is 319 Å². The van der Waals surface area contributed by atoms with Gasteiger partial charge in [-0.3, -0.25) is 0 Å². The average molecular weight is 1320 g/mol. The van der Waals surface area contributed by atoms with Gasteiger partial charge in [0.2, 0.25) is 0 Å². The van der Waals surface area contributed by atoms with Crippen molar-refractivity contribution in [1.82, 2.24) is 9.13 Å². The van der Waals surface area contributed by atoms with Crippen LogP contribution in [0.2, 0.25) is 0 Å². The third-order valence-corrected chi connectivity index (χ3v) is 22.6. The van der Waals surface area contributed by atoms with Crippen molar-refractivity contribution in [3.8, 4) is 55.9 Å². The first-order valence-corrected chi connectivity index (χ1v) is 35.7. The molecule has 0 saturated heterocycles. The maximum atomic E-state index is 9.77. The molecule has 102 heavy (non-hydrogen) atoms. The van der Waals surface area contributed by atoms with E-state index in [0.717, 1.165) is 106 Å². The van der Waals surface area contributed by atoms with Crippen LogP contribution >= 0.6 is 0 Å². The van der Waals surface area contributed by atoms with Crippen LogP contribution in [0.1, 0.15) is 112 Å². The minimum absolute atomic E-state index is 0.0236.